The van der Waals surface area contributed by atoms with Crippen molar-refractivity contribution in [2.45, 2.75) is 0 Å². The summed E-state index contributed by atoms with van der Waals surface area (Å²) in [7, 11) is 0. The van der Waals surface area contributed by atoms with Gasteiger partial charge in [-0.25, -0.2) is 0 Å². The van der Waals surface area contributed by atoms with E-state index in [4.69, 9.17) is 5.73 Å². The maximum absolute atomic E-state index is 5.29. The zero-order chi connectivity index (χ0) is 9.10. The monoisotopic (exact) mass is 170 g/mol. The highest BCUT2D eigenvalue weighted by atomic mass is 14.7. The second-order valence-electron chi connectivity index (χ2n) is 2.79. The summed E-state index contributed by atoms with van der Waals surface area (Å²) >= 11 is 0. The largest absolute Gasteiger partial charge is 0.361 e. The third kappa shape index (κ3) is 1.56. The van der Waals surface area contributed by atoms with Gasteiger partial charge in [0.05, 0.1) is 6.54 Å². The SMILES string of the molecule is NCC#Cc1ccc2[nH]ccc2c1. The van der Waals surface area contributed by atoms with Gasteiger partial charge < -0.3 is 10.7 Å². The highest BCUT2D eigenvalue weighted by Gasteiger charge is 1.93. The predicted molar refractivity (Wildman–Crippen MR) is 54.2 cm³/mol. The van der Waals surface area contributed by atoms with E-state index in [9.17, 15) is 0 Å². The first-order valence-corrected chi connectivity index (χ1v) is 4.16. The Bertz CT molecular complexity index is 471. The van der Waals surface area contributed by atoms with E-state index in [0.717, 1.165) is 11.1 Å². The summed E-state index contributed by atoms with van der Waals surface area (Å²) in [5.41, 5.74) is 7.44. The normalized spacial score (nSPS) is 9.62. The molecule has 2 aromatic rings. The summed E-state index contributed by atoms with van der Waals surface area (Å²) in [6.45, 7) is 0.408. The van der Waals surface area contributed by atoms with Gasteiger partial charge in [-0.05, 0) is 24.3 Å². The number of nitrogens with one attached hydrogen (secondary N) is 1. The maximum Gasteiger partial charge on any atom is 0.0555 e. The van der Waals surface area contributed by atoms with E-state index in [2.05, 4.69) is 22.9 Å². The molecular formula is C11H10N2. The Balaban J connectivity index is 2.48. The first-order valence-electron chi connectivity index (χ1n) is 4.16. The van der Waals surface area contributed by atoms with Crippen LogP contribution in [0.5, 0.6) is 0 Å². The summed E-state index contributed by atoms with van der Waals surface area (Å²) in [5.74, 6) is 5.83. The zero-order valence-electron chi connectivity index (χ0n) is 7.17. The highest BCUT2D eigenvalue weighted by Crippen LogP contribution is 2.13. The van der Waals surface area contributed by atoms with E-state index in [0.29, 0.717) is 6.54 Å². The average Bonchev–Trinajstić information content (AvgIpc) is 2.61. The van der Waals surface area contributed by atoms with E-state index >= 15 is 0 Å². The van der Waals surface area contributed by atoms with E-state index in [1.165, 1.54) is 5.39 Å². The number of benzene rings is 1. The third-order valence-electron chi connectivity index (χ3n) is 1.89. The Morgan fingerprint density at radius 3 is 3.08 bits per heavy atom. The van der Waals surface area contributed by atoms with Crippen LogP contribution in [0.2, 0.25) is 0 Å². The lowest BCUT2D eigenvalue weighted by molar-refractivity contribution is 1.30. The molecule has 2 heteroatoms. The van der Waals surface area contributed by atoms with E-state index in [1.54, 1.807) is 0 Å². The van der Waals surface area contributed by atoms with Crippen molar-refractivity contribution >= 4 is 10.9 Å². The van der Waals surface area contributed by atoms with Gasteiger partial charge in [-0.1, -0.05) is 11.8 Å². The minimum atomic E-state index is 0.408. The molecule has 0 aliphatic rings. The fourth-order valence-electron chi connectivity index (χ4n) is 1.28. The summed E-state index contributed by atoms with van der Waals surface area (Å²) in [6.07, 6.45) is 1.92. The van der Waals surface area contributed by atoms with Crippen LogP contribution in [0.3, 0.4) is 0 Å². The van der Waals surface area contributed by atoms with Crippen LogP contribution in [0.15, 0.2) is 30.5 Å². The number of aromatic nitrogens is 1. The molecule has 0 aliphatic carbocycles. The molecule has 1 aromatic heterocycles. The molecule has 2 nitrogen and oxygen atoms in total. The molecule has 0 unspecified atom stereocenters. The second-order valence-corrected chi connectivity index (χ2v) is 2.79. The molecule has 1 aromatic carbocycles. The lowest BCUT2D eigenvalue weighted by Gasteiger charge is -1.90. The molecule has 0 bridgehead atoms. The standard InChI is InChI=1S/C11H10N2/c12-6-1-2-9-3-4-11-10(8-9)5-7-13-11/h3-5,7-8,13H,6,12H2. The highest BCUT2D eigenvalue weighted by molar-refractivity contribution is 5.80. The van der Waals surface area contributed by atoms with Gasteiger partial charge in [-0.15, -0.1) is 0 Å². The van der Waals surface area contributed by atoms with Crippen LogP contribution >= 0.6 is 0 Å². The Hall–Kier alpha value is -1.72. The molecule has 0 aliphatic heterocycles. The van der Waals surface area contributed by atoms with Gasteiger partial charge in [0.25, 0.3) is 0 Å². The fourth-order valence-corrected chi connectivity index (χ4v) is 1.28. The molecular weight excluding hydrogens is 160 g/mol. The van der Waals surface area contributed by atoms with Gasteiger partial charge in [0.2, 0.25) is 0 Å². The molecule has 0 radical (unpaired) electrons. The predicted octanol–water partition coefficient (Wildman–Crippen LogP) is 1.48. The fraction of sp³-hybridized carbons (Fsp3) is 0.0909. The van der Waals surface area contributed by atoms with Crippen LogP contribution in [0.4, 0.5) is 0 Å². The molecule has 0 saturated carbocycles. The first kappa shape index (κ1) is 7.90. The van der Waals surface area contributed by atoms with Crippen molar-refractivity contribution in [3.8, 4) is 11.8 Å². The number of H-pyrrole nitrogens is 1. The first-order chi connectivity index (χ1) is 6.40. The average molecular weight is 170 g/mol. The smallest absolute Gasteiger partial charge is 0.0555 e. The molecule has 2 rings (SSSR count). The van der Waals surface area contributed by atoms with E-state index in [1.807, 2.05) is 24.4 Å². The molecule has 13 heavy (non-hydrogen) atoms. The molecule has 0 atom stereocenters. The quantitative estimate of drug-likeness (QED) is 0.578. The minimum absolute atomic E-state index is 0.408. The molecule has 0 spiro atoms. The number of hydrogen-bond donors (Lipinski definition) is 2. The molecule has 0 fully saturated rings. The van der Waals surface area contributed by atoms with Crippen molar-refractivity contribution in [2.24, 2.45) is 5.73 Å². The molecule has 0 amide bonds. The lowest BCUT2D eigenvalue weighted by atomic mass is 10.1. The number of fused-ring (bicyclic) bond motifs is 1. The molecule has 0 saturated heterocycles. The van der Waals surface area contributed by atoms with Crippen molar-refractivity contribution in [3.63, 3.8) is 0 Å². The molecule has 64 valence electrons. The Morgan fingerprint density at radius 2 is 2.23 bits per heavy atom. The van der Waals surface area contributed by atoms with Gasteiger partial charge >= 0.3 is 0 Å². The van der Waals surface area contributed by atoms with Gasteiger partial charge in [-0.2, -0.15) is 0 Å². The number of aromatic amines is 1. The van der Waals surface area contributed by atoms with Crippen LogP contribution in [-0.4, -0.2) is 11.5 Å². The Kier molecular flexibility index (Phi) is 2.03. The minimum Gasteiger partial charge on any atom is -0.361 e. The van der Waals surface area contributed by atoms with Gasteiger partial charge in [-0.3, -0.25) is 0 Å². The summed E-state index contributed by atoms with van der Waals surface area (Å²) in [6, 6.07) is 8.09. The van der Waals surface area contributed by atoms with Crippen LogP contribution < -0.4 is 5.73 Å². The van der Waals surface area contributed by atoms with Crippen LogP contribution in [0.1, 0.15) is 5.56 Å². The molecule has 1 heterocycles. The van der Waals surface area contributed by atoms with Crippen molar-refractivity contribution < 1.29 is 0 Å². The Labute approximate surface area is 76.8 Å². The third-order valence-corrected chi connectivity index (χ3v) is 1.89. The van der Waals surface area contributed by atoms with Crippen molar-refractivity contribution in [3.05, 3.63) is 36.0 Å². The van der Waals surface area contributed by atoms with Crippen molar-refractivity contribution in [2.75, 3.05) is 6.54 Å². The topological polar surface area (TPSA) is 41.8 Å². The van der Waals surface area contributed by atoms with Crippen LogP contribution in [0.25, 0.3) is 10.9 Å². The summed E-state index contributed by atoms with van der Waals surface area (Å²) in [5, 5.41) is 1.18. The lowest BCUT2D eigenvalue weighted by Crippen LogP contribution is -1.92. The van der Waals surface area contributed by atoms with Crippen LogP contribution in [-0.2, 0) is 0 Å². The van der Waals surface area contributed by atoms with Gasteiger partial charge in [0.15, 0.2) is 0 Å². The molecule has 3 N–H and O–H groups in total. The summed E-state index contributed by atoms with van der Waals surface area (Å²) in [4.78, 5) is 3.13. The maximum atomic E-state index is 5.29. The number of rotatable bonds is 0. The Morgan fingerprint density at radius 1 is 1.31 bits per heavy atom. The number of hydrogen-bond acceptors (Lipinski definition) is 1. The zero-order valence-corrected chi connectivity index (χ0v) is 7.17. The van der Waals surface area contributed by atoms with Gasteiger partial charge in [0.1, 0.15) is 0 Å². The summed E-state index contributed by atoms with van der Waals surface area (Å²) < 4.78 is 0. The van der Waals surface area contributed by atoms with Crippen molar-refractivity contribution in [1.29, 1.82) is 0 Å². The number of nitrogens with two attached hydrogens (primary N) is 1. The second kappa shape index (κ2) is 3.34. The van der Waals surface area contributed by atoms with Crippen molar-refractivity contribution in [1.82, 2.24) is 4.98 Å². The van der Waals surface area contributed by atoms with E-state index < -0.39 is 0 Å². The van der Waals surface area contributed by atoms with E-state index in [-0.39, 0.29) is 0 Å². The van der Waals surface area contributed by atoms with Crippen LogP contribution in [0, 0.1) is 11.8 Å². The van der Waals surface area contributed by atoms with Gasteiger partial charge in [0, 0.05) is 22.7 Å².